The van der Waals surface area contributed by atoms with E-state index in [2.05, 4.69) is 10.0 Å². The first-order chi connectivity index (χ1) is 11.7. The van der Waals surface area contributed by atoms with Crippen LogP contribution in [0.4, 0.5) is 11.4 Å². The number of benzene rings is 2. The van der Waals surface area contributed by atoms with Crippen molar-refractivity contribution in [3.05, 3.63) is 61.6 Å². The van der Waals surface area contributed by atoms with Gasteiger partial charge in [0.1, 0.15) is 5.69 Å². The number of rotatable bonds is 7. The summed E-state index contributed by atoms with van der Waals surface area (Å²) in [7, 11) is -3.79. The largest absolute Gasteiger partial charge is 0.377 e. The molecule has 0 aliphatic heterocycles. The molecule has 0 atom stereocenters. The number of halogens is 3. The van der Waals surface area contributed by atoms with Gasteiger partial charge in [-0.2, -0.15) is 0 Å². The van der Waals surface area contributed by atoms with Crippen molar-refractivity contribution in [2.24, 2.45) is 0 Å². The number of anilines is 1. The van der Waals surface area contributed by atoms with Crippen molar-refractivity contribution in [3.63, 3.8) is 0 Å². The zero-order valence-corrected chi connectivity index (χ0v) is 15.6. The lowest BCUT2D eigenvalue weighted by Gasteiger charge is -2.10. The molecule has 2 aromatic carbocycles. The van der Waals surface area contributed by atoms with Crippen molar-refractivity contribution in [1.29, 1.82) is 0 Å². The maximum atomic E-state index is 12.2. The third-order valence-electron chi connectivity index (χ3n) is 3.11. The first-order valence-corrected chi connectivity index (χ1v) is 9.45. The number of nitrogens with one attached hydrogen (secondary N) is 2. The molecular weight excluding hydrogens is 413 g/mol. The Morgan fingerprint density at radius 2 is 1.72 bits per heavy atom. The van der Waals surface area contributed by atoms with Crippen LogP contribution in [0, 0.1) is 10.1 Å². The molecule has 11 heteroatoms. The Hall–Kier alpha value is -1.58. The molecule has 0 saturated heterocycles. The van der Waals surface area contributed by atoms with E-state index in [4.69, 9.17) is 34.8 Å². The Labute approximate surface area is 159 Å². The summed E-state index contributed by atoms with van der Waals surface area (Å²) in [4.78, 5) is 10.4. The van der Waals surface area contributed by atoms with E-state index in [1.54, 1.807) is 0 Å². The van der Waals surface area contributed by atoms with Gasteiger partial charge in [0.2, 0.25) is 10.0 Å². The van der Waals surface area contributed by atoms with Crippen LogP contribution in [0.15, 0.2) is 41.3 Å². The van der Waals surface area contributed by atoms with Crippen LogP contribution in [0.2, 0.25) is 15.1 Å². The third kappa shape index (κ3) is 4.96. The van der Waals surface area contributed by atoms with E-state index >= 15 is 0 Å². The average Bonchev–Trinajstić information content (AvgIpc) is 2.54. The van der Waals surface area contributed by atoms with Gasteiger partial charge in [-0.1, -0.05) is 40.9 Å². The Morgan fingerprint density at radius 3 is 2.36 bits per heavy atom. The van der Waals surface area contributed by atoms with E-state index in [1.165, 1.54) is 36.4 Å². The molecule has 0 amide bonds. The fourth-order valence-corrected chi connectivity index (χ4v) is 3.60. The number of sulfonamides is 1. The summed E-state index contributed by atoms with van der Waals surface area (Å²) in [6, 6.07) is 8.19. The topological polar surface area (TPSA) is 101 Å². The molecule has 0 bridgehead atoms. The summed E-state index contributed by atoms with van der Waals surface area (Å²) >= 11 is 17.5. The van der Waals surface area contributed by atoms with Crippen LogP contribution < -0.4 is 10.0 Å². The van der Waals surface area contributed by atoms with E-state index < -0.39 is 14.9 Å². The normalized spacial score (nSPS) is 11.3. The smallest absolute Gasteiger partial charge is 0.293 e. The van der Waals surface area contributed by atoms with Crippen molar-refractivity contribution in [3.8, 4) is 0 Å². The Balaban J connectivity index is 2.02. The summed E-state index contributed by atoms with van der Waals surface area (Å²) in [5, 5.41) is 14.3. The molecule has 2 rings (SSSR count). The molecule has 25 heavy (non-hydrogen) atoms. The number of nitro benzene ring substituents is 1. The van der Waals surface area contributed by atoms with Gasteiger partial charge in [0, 0.05) is 19.2 Å². The van der Waals surface area contributed by atoms with Crippen LogP contribution in [0.1, 0.15) is 0 Å². The number of nitrogens with zero attached hydrogens (tertiary/aromatic N) is 1. The van der Waals surface area contributed by atoms with Crippen LogP contribution in [-0.2, 0) is 10.0 Å². The highest BCUT2D eigenvalue weighted by Gasteiger charge is 2.17. The maximum Gasteiger partial charge on any atom is 0.293 e. The van der Waals surface area contributed by atoms with Crippen molar-refractivity contribution in [2.45, 2.75) is 4.90 Å². The molecule has 0 aromatic heterocycles. The number of nitro groups is 1. The van der Waals surface area contributed by atoms with Gasteiger partial charge in [0.25, 0.3) is 5.69 Å². The van der Waals surface area contributed by atoms with Gasteiger partial charge in [0.05, 0.1) is 24.9 Å². The summed E-state index contributed by atoms with van der Waals surface area (Å²) in [5.41, 5.74) is -0.0669. The third-order valence-corrected chi connectivity index (χ3v) is 5.62. The van der Waals surface area contributed by atoms with Gasteiger partial charge in [-0.3, -0.25) is 10.1 Å². The van der Waals surface area contributed by atoms with Crippen molar-refractivity contribution in [2.75, 3.05) is 18.4 Å². The lowest BCUT2D eigenvalue weighted by atomic mass is 10.2. The highest BCUT2D eigenvalue weighted by molar-refractivity contribution is 7.89. The van der Waals surface area contributed by atoms with Crippen LogP contribution in [-0.4, -0.2) is 26.4 Å². The molecule has 0 unspecified atom stereocenters. The monoisotopic (exact) mass is 423 g/mol. The highest BCUT2D eigenvalue weighted by atomic mass is 35.5. The second-order valence-corrected chi connectivity index (χ2v) is 7.78. The minimum atomic E-state index is -3.79. The molecule has 0 saturated carbocycles. The van der Waals surface area contributed by atoms with Gasteiger partial charge in [-0.25, -0.2) is 13.1 Å². The average molecular weight is 425 g/mol. The first kappa shape index (κ1) is 19.7. The van der Waals surface area contributed by atoms with Gasteiger partial charge in [0.15, 0.2) is 0 Å². The van der Waals surface area contributed by atoms with Crippen LogP contribution in [0.25, 0.3) is 0 Å². The molecule has 2 N–H and O–H groups in total. The lowest BCUT2D eigenvalue weighted by molar-refractivity contribution is -0.383. The quantitative estimate of drug-likeness (QED) is 0.398. The minimum Gasteiger partial charge on any atom is -0.377 e. The van der Waals surface area contributed by atoms with Crippen LogP contribution >= 0.6 is 34.8 Å². The molecule has 2 aromatic rings. The highest BCUT2D eigenvalue weighted by Crippen LogP contribution is 2.31. The van der Waals surface area contributed by atoms with E-state index in [0.717, 1.165) is 0 Å². The molecule has 134 valence electrons. The Morgan fingerprint density at radius 1 is 1.00 bits per heavy atom. The SMILES string of the molecule is O=[N+]([O-])c1cccc(Cl)c1NCCNS(=O)(=O)c1ccc(Cl)c(Cl)c1. The zero-order chi connectivity index (χ0) is 18.6. The Bertz CT molecular complexity index is 906. The molecule has 0 heterocycles. The zero-order valence-electron chi connectivity index (χ0n) is 12.5. The second kappa shape index (κ2) is 8.20. The van der Waals surface area contributed by atoms with E-state index in [1.807, 2.05) is 0 Å². The summed E-state index contributed by atoms with van der Waals surface area (Å²) in [5.74, 6) is 0. The van der Waals surface area contributed by atoms with E-state index in [0.29, 0.717) is 0 Å². The predicted molar refractivity (Wildman–Crippen MR) is 98.2 cm³/mol. The number of hydrogen-bond acceptors (Lipinski definition) is 5. The molecule has 0 radical (unpaired) electrons. The molecule has 0 aliphatic carbocycles. The van der Waals surface area contributed by atoms with Crippen LogP contribution in [0.3, 0.4) is 0 Å². The molecule has 0 aliphatic rings. The fraction of sp³-hybridized carbons (Fsp3) is 0.143. The van der Waals surface area contributed by atoms with Gasteiger partial charge in [-0.15, -0.1) is 0 Å². The summed E-state index contributed by atoms with van der Waals surface area (Å²) < 4.78 is 26.7. The predicted octanol–water partition coefficient (Wildman–Crippen LogP) is 3.95. The molecule has 7 nitrogen and oxygen atoms in total. The van der Waals surface area contributed by atoms with Crippen molar-refractivity contribution >= 4 is 56.2 Å². The summed E-state index contributed by atoms with van der Waals surface area (Å²) in [6.45, 7) is 0.0656. The van der Waals surface area contributed by atoms with Gasteiger partial charge < -0.3 is 5.32 Å². The van der Waals surface area contributed by atoms with E-state index in [9.17, 15) is 18.5 Å². The standard InChI is InChI=1S/C14H12Cl3N3O4S/c15-10-5-4-9(8-12(10)17)25(23,24)19-7-6-18-14-11(16)2-1-3-13(14)20(21)22/h1-5,8,18-19H,6-7H2. The summed E-state index contributed by atoms with van der Waals surface area (Å²) in [6.07, 6.45) is 0. The van der Waals surface area contributed by atoms with Gasteiger partial charge >= 0.3 is 0 Å². The maximum absolute atomic E-state index is 12.2. The lowest BCUT2D eigenvalue weighted by Crippen LogP contribution is -2.29. The Kier molecular flexibility index (Phi) is 6.47. The molecule has 0 fully saturated rings. The van der Waals surface area contributed by atoms with Crippen molar-refractivity contribution < 1.29 is 13.3 Å². The molecular formula is C14H12Cl3N3O4S. The molecule has 0 spiro atoms. The van der Waals surface area contributed by atoms with E-state index in [-0.39, 0.29) is 44.4 Å². The number of hydrogen-bond donors (Lipinski definition) is 2. The second-order valence-electron chi connectivity index (χ2n) is 4.79. The fourth-order valence-electron chi connectivity index (χ4n) is 1.94. The minimum absolute atomic E-state index is 0.0229. The van der Waals surface area contributed by atoms with Gasteiger partial charge in [-0.05, 0) is 24.3 Å². The first-order valence-electron chi connectivity index (χ1n) is 6.84. The van der Waals surface area contributed by atoms with Crippen molar-refractivity contribution in [1.82, 2.24) is 4.72 Å². The van der Waals surface area contributed by atoms with Crippen LogP contribution in [0.5, 0.6) is 0 Å². The number of para-hydroxylation sites is 1.